The zero-order valence-corrected chi connectivity index (χ0v) is 14.1. The van der Waals surface area contributed by atoms with Crippen molar-refractivity contribution in [1.82, 2.24) is 0 Å². The van der Waals surface area contributed by atoms with Crippen LogP contribution in [-0.4, -0.2) is 13.1 Å². The van der Waals surface area contributed by atoms with Crippen molar-refractivity contribution in [1.29, 1.82) is 0 Å². The molecule has 122 valence electrons. The topological polar surface area (TPSA) is 59.6 Å². The van der Waals surface area contributed by atoms with Crippen molar-refractivity contribution in [3.63, 3.8) is 0 Å². The van der Waals surface area contributed by atoms with Crippen LogP contribution in [0.5, 0.6) is 5.75 Å². The number of anilines is 1. The maximum atomic E-state index is 6.09. The SMILES string of the molecule is CCc1cccc(CC)c1NC(N)=NCc1ccccc1OC. The van der Waals surface area contributed by atoms with Crippen molar-refractivity contribution in [2.75, 3.05) is 12.4 Å². The first-order valence-electron chi connectivity index (χ1n) is 7.99. The highest BCUT2D eigenvalue weighted by atomic mass is 16.5. The van der Waals surface area contributed by atoms with Crippen LogP contribution in [0.2, 0.25) is 0 Å². The number of guanidine groups is 1. The lowest BCUT2D eigenvalue weighted by Gasteiger charge is -2.15. The summed E-state index contributed by atoms with van der Waals surface area (Å²) < 4.78 is 5.34. The van der Waals surface area contributed by atoms with Crippen LogP contribution in [0.3, 0.4) is 0 Å². The Bertz CT molecular complexity index is 658. The van der Waals surface area contributed by atoms with Gasteiger partial charge in [0.15, 0.2) is 5.96 Å². The molecule has 23 heavy (non-hydrogen) atoms. The van der Waals surface area contributed by atoms with Gasteiger partial charge in [-0.1, -0.05) is 50.2 Å². The molecule has 0 amide bonds. The number of rotatable bonds is 6. The molecule has 0 saturated heterocycles. The molecule has 2 rings (SSSR count). The Balaban J connectivity index is 2.17. The second-order valence-electron chi connectivity index (χ2n) is 5.30. The van der Waals surface area contributed by atoms with E-state index in [0.717, 1.165) is 29.8 Å². The van der Waals surface area contributed by atoms with Gasteiger partial charge in [-0.05, 0) is 30.0 Å². The average Bonchev–Trinajstić information content (AvgIpc) is 2.60. The van der Waals surface area contributed by atoms with Gasteiger partial charge >= 0.3 is 0 Å². The van der Waals surface area contributed by atoms with Crippen LogP contribution in [-0.2, 0) is 19.4 Å². The predicted molar refractivity (Wildman–Crippen MR) is 97.1 cm³/mol. The molecule has 2 aromatic rings. The number of para-hydroxylation sites is 2. The van der Waals surface area contributed by atoms with Crippen molar-refractivity contribution in [3.8, 4) is 5.75 Å². The number of ether oxygens (including phenoxy) is 1. The fourth-order valence-electron chi connectivity index (χ4n) is 2.57. The Labute approximate surface area is 138 Å². The number of methoxy groups -OCH3 is 1. The molecule has 0 unspecified atom stereocenters. The largest absolute Gasteiger partial charge is 0.496 e. The first-order valence-corrected chi connectivity index (χ1v) is 7.99. The number of nitrogens with two attached hydrogens (primary N) is 1. The second kappa shape index (κ2) is 8.22. The van der Waals surface area contributed by atoms with Gasteiger partial charge in [0, 0.05) is 11.3 Å². The highest BCUT2D eigenvalue weighted by molar-refractivity contribution is 5.93. The van der Waals surface area contributed by atoms with Crippen LogP contribution in [0.4, 0.5) is 5.69 Å². The van der Waals surface area contributed by atoms with Crippen molar-refractivity contribution in [3.05, 3.63) is 59.2 Å². The molecule has 0 radical (unpaired) electrons. The summed E-state index contributed by atoms with van der Waals surface area (Å²) in [6.45, 7) is 4.77. The average molecular weight is 311 g/mol. The molecule has 0 atom stereocenters. The van der Waals surface area contributed by atoms with Crippen molar-refractivity contribution in [2.45, 2.75) is 33.2 Å². The fraction of sp³-hybridized carbons (Fsp3) is 0.316. The maximum Gasteiger partial charge on any atom is 0.193 e. The van der Waals surface area contributed by atoms with E-state index in [0.29, 0.717) is 12.5 Å². The lowest BCUT2D eigenvalue weighted by atomic mass is 10.0. The van der Waals surface area contributed by atoms with Gasteiger partial charge in [-0.2, -0.15) is 0 Å². The molecule has 3 N–H and O–H groups in total. The number of benzene rings is 2. The quantitative estimate of drug-likeness (QED) is 0.631. The molecule has 4 nitrogen and oxygen atoms in total. The lowest BCUT2D eigenvalue weighted by molar-refractivity contribution is 0.410. The highest BCUT2D eigenvalue weighted by Gasteiger charge is 2.07. The summed E-state index contributed by atoms with van der Waals surface area (Å²) in [5.41, 5.74) is 10.7. The molecular weight excluding hydrogens is 286 g/mol. The molecule has 0 bridgehead atoms. The van der Waals surface area contributed by atoms with Crippen LogP contribution in [0.25, 0.3) is 0 Å². The summed E-state index contributed by atoms with van der Waals surface area (Å²) in [6, 6.07) is 14.2. The predicted octanol–water partition coefficient (Wildman–Crippen LogP) is 3.75. The molecule has 0 saturated carbocycles. The molecule has 0 aliphatic carbocycles. The van der Waals surface area contributed by atoms with E-state index in [-0.39, 0.29) is 0 Å². The Hall–Kier alpha value is -2.49. The Morgan fingerprint density at radius 1 is 1.00 bits per heavy atom. The molecule has 0 spiro atoms. The summed E-state index contributed by atoms with van der Waals surface area (Å²) >= 11 is 0. The van der Waals surface area contributed by atoms with Crippen molar-refractivity contribution in [2.24, 2.45) is 10.7 Å². The molecule has 0 heterocycles. The number of nitrogens with zero attached hydrogens (tertiary/aromatic N) is 1. The molecule has 0 aromatic heterocycles. The number of aliphatic imine (C=N–C) groups is 1. The normalized spacial score (nSPS) is 11.3. The smallest absolute Gasteiger partial charge is 0.193 e. The minimum Gasteiger partial charge on any atom is -0.496 e. The van der Waals surface area contributed by atoms with E-state index in [1.807, 2.05) is 24.3 Å². The minimum atomic E-state index is 0.423. The van der Waals surface area contributed by atoms with Crippen molar-refractivity contribution < 1.29 is 4.74 Å². The third-order valence-electron chi connectivity index (χ3n) is 3.86. The van der Waals surface area contributed by atoms with E-state index in [4.69, 9.17) is 10.5 Å². The van der Waals surface area contributed by atoms with Gasteiger partial charge in [0.1, 0.15) is 5.75 Å². The van der Waals surface area contributed by atoms with Crippen LogP contribution in [0, 0.1) is 0 Å². The van der Waals surface area contributed by atoms with Gasteiger partial charge in [0.25, 0.3) is 0 Å². The molecule has 4 heteroatoms. The van der Waals surface area contributed by atoms with E-state index < -0.39 is 0 Å². The number of hydrogen-bond acceptors (Lipinski definition) is 2. The van der Waals surface area contributed by atoms with Gasteiger partial charge in [-0.3, -0.25) is 0 Å². The Morgan fingerprint density at radius 2 is 1.61 bits per heavy atom. The van der Waals surface area contributed by atoms with E-state index in [1.165, 1.54) is 11.1 Å². The third-order valence-corrected chi connectivity index (χ3v) is 3.86. The summed E-state index contributed by atoms with van der Waals surface area (Å²) in [5, 5.41) is 3.28. The van der Waals surface area contributed by atoms with E-state index in [9.17, 15) is 0 Å². The fourth-order valence-corrected chi connectivity index (χ4v) is 2.57. The van der Waals surface area contributed by atoms with Gasteiger partial charge < -0.3 is 15.8 Å². The van der Waals surface area contributed by atoms with Crippen LogP contribution in [0.15, 0.2) is 47.5 Å². The maximum absolute atomic E-state index is 6.09. The van der Waals surface area contributed by atoms with Crippen LogP contribution in [0.1, 0.15) is 30.5 Å². The van der Waals surface area contributed by atoms with E-state index >= 15 is 0 Å². The van der Waals surface area contributed by atoms with Crippen LogP contribution < -0.4 is 15.8 Å². The first kappa shape index (κ1) is 16.9. The Kier molecular flexibility index (Phi) is 6.03. The van der Waals surface area contributed by atoms with E-state index in [2.05, 4.69) is 42.4 Å². The molecular formula is C19H25N3O. The van der Waals surface area contributed by atoms with Gasteiger partial charge in [-0.15, -0.1) is 0 Å². The minimum absolute atomic E-state index is 0.423. The summed E-state index contributed by atoms with van der Waals surface area (Å²) in [4.78, 5) is 4.45. The molecule has 2 aromatic carbocycles. The summed E-state index contributed by atoms with van der Waals surface area (Å²) in [5.74, 6) is 1.25. The summed E-state index contributed by atoms with van der Waals surface area (Å²) in [7, 11) is 1.66. The van der Waals surface area contributed by atoms with Crippen LogP contribution >= 0.6 is 0 Å². The molecule has 0 aliphatic rings. The molecule has 0 aliphatic heterocycles. The lowest BCUT2D eigenvalue weighted by Crippen LogP contribution is -2.24. The second-order valence-corrected chi connectivity index (χ2v) is 5.30. The first-order chi connectivity index (χ1) is 11.2. The monoisotopic (exact) mass is 311 g/mol. The van der Waals surface area contributed by atoms with Gasteiger partial charge in [0.2, 0.25) is 0 Å². The van der Waals surface area contributed by atoms with Gasteiger partial charge in [0.05, 0.1) is 13.7 Å². The van der Waals surface area contributed by atoms with Crippen molar-refractivity contribution >= 4 is 11.6 Å². The van der Waals surface area contributed by atoms with E-state index in [1.54, 1.807) is 7.11 Å². The third kappa shape index (κ3) is 4.25. The number of hydrogen-bond donors (Lipinski definition) is 2. The number of aryl methyl sites for hydroxylation is 2. The Morgan fingerprint density at radius 3 is 2.22 bits per heavy atom. The number of nitrogens with one attached hydrogen (secondary N) is 1. The zero-order valence-electron chi connectivity index (χ0n) is 14.1. The van der Waals surface area contributed by atoms with Gasteiger partial charge in [-0.25, -0.2) is 4.99 Å². The zero-order chi connectivity index (χ0) is 16.7. The summed E-state index contributed by atoms with van der Waals surface area (Å²) in [6.07, 6.45) is 1.91. The highest BCUT2D eigenvalue weighted by Crippen LogP contribution is 2.22. The molecule has 0 fully saturated rings. The standard InChI is InChI=1S/C19H25N3O/c1-4-14-10-8-11-15(5-2)18(14)22-19(20)21-13-16-9-6-7-12-17(16)23-3/h6-12H,4-5,13H2,1-3H3,(H3,20,21,22).